The second-order valence-electron chi connectivity index (χ2n) is 2.55. The van der Waals surface area contributed by atoms with E-state index in [9.17, 15) is 23.7 Å². The van der Waals surface area contributed by atoms with E-state index in [1.807, 2.05) is 0 Å². The van der Waals surface area contributed by atoms with Gasteiger partial charge in [0.1, 0.15) is 12.1 Å². The number of aldehydes is 1. The minimum absolute atomic E-state index is 0.317. The van der Waals surface area contributed by atoms with E-state index in [1.54, 1.807) is 0 Å². The van der Waals surface area contributed by atoms with Crippen molar-refractivity contribution in [2.75, 3.05) is 0 Å². The highest BCUT2D eigenvalue weighted by Crippen LogP contribution is 2.23. The Morgan fingerprint density at radius 3 is 2.53 bits per heavy atom. The molecule has 0 heterocycles. The number of nitrogens with zero attached hydrogens (tertiary/aromatic N) is 1. The Balaban J connectivity index is 3.36. The Bertz CT molecular complexity index is 443. The number of nitro benzene ring substituents is 1. The quantitative estimate of drug-likeness (QED) is 0.334. The van der Waals surface area contributed by atoms with Gasteiger partial charge in [0.2, 0.25) is 5.82 Å². The number of nitro groups is 1. The van der Waals surface area contributed by atoms with Crippen LogP contribution < -0.4 is 0 Å². The minimum atomic E-state index is -1.29. The third-order valence-electron chi connectivity index (χ3n) is 1.64. The number of carbonyl (C=O) groups is 1. The predicted molar refractivity (Wildman–Crippen MR) is 48.1 cm³/mol. The number of carbonyl (C=O) groups excluding carboxylic acids is 1. The molecule has 0 aliphatic rings. The molecule has 0 N–H and O–H groups in total. The van der Waals surface area contributed by atoms with Crippen LogP contribution in [0.2, 0.25) is 0 Å². The Labute approximate surface area is 83.0 Å². The number of hydrogen-bond acceptors (Lipinski definition) is 3. The van der Waals surface area contributed by atoms with Gasteiger partial charge in [-0.3, -0.25) is 14.9 Å². The Hall–Kier alpha value is -2.11. The highest BCUT2D eigenvalue weighted by Gasteiger charge is 2.19. The third-order valence-corrected chi connectivity index (χ3v) is 1.64. The lowest BCUT2D eigenvalue weighted by Gasteiger charge is -1.99. The summed E-state index contributed by atoms with van der Waals surface area (Å²) in [5.41, 5.74) is -1.43. The summed E-state index contributed by atoms with van der Waals surface area (Å²) in [7, 11) is 0. The molecule has 0 saturated carbocycles. The fourth-order valence-corrected chi connectivity index (χ4v) is 0.987. The number of rotatable bonds is 3. The third kappa shape index (κ3) is 2.22. The van der Waals surface area contributed by atoms with E-state index in [4.69, 9.17) is 0 Å². The maximum Gasteiger partial charge on any atom is 0.305 e. The minimum Gasteiger partial charge on any atom is -0.299 e. The van der Waals surface area contributed by atoms with Crippen molar-refractivity contribution in [1.29, 1.82) is 0 Å². The summed E-state index contributed by atoms with van der Waals surface area (Å²) < 4.78 is 26.2. The van der Waals surface area contributed by atoms with Gasteiger partial charge in [-0.25, -0.2) is 4.39 Å². The van der Waals surface area contributed by atoms with Crippen LogP contribution in [0.25, 0.3) is 6.08 Å². The maximum absolute atomic E-state index is 13.3. The first kappa shape index (κ1) is 11.0. The van der Waals surface area contributed by atoms with E-state index in [1.165, 1.54) is 0 Å². The lowest BCUT2D eigenvalue weighted by atomic mass is 10.1. The molecule has 0 unspecified atom stereocenters. The fraction of sp³-hybridized carbons (Fsp3) is 0. The number of allylic oxidation sites excluding steroid dienone is 1. The summed E-state index contributed by atoms with van der Waals surface area (Å²) in [6.07, 6.45) is 2.01. The Morgan fingerprint density at radius 2 is 2.00 bits per heavy atom. The zero-order valence-corrected chi connectivity index (χ0v) is 7.31. The van der Waals surface area contributed by atoms with Gasteiger partial charge in [0, 0.05) is 6.07 Å². The van der Waals surface area contributed by atoms with E-state index < -0.39 is 27.8 Å². The highest BCUT2D eigenvalue weighted by molar-refractivity contribution is 5.74. The molecule has 0 bridgehead atoms. The van der Waals surface area contributed by atoms with Gasteiger partial charge in [0.25, 0.3) is 0 Å². The monoisotopic (exact) mass is 213 g/mol. The fourth-order valence-electron chi connectivity index (χ4n) is 0.987. The van der Waals surface area contributed by atoms with Crippen LogP contribution in [-0.2, 0) is 4.79 Å². The molecule has 0 aromatic heterocycles. The van der Waals surface area contributed by atoms with E-state index in [0.29, 0.717) is 6.29 Å². The van der Waals surface area contributed by atoms with Crippen molar-refractivity contribution in [1.82, 2.24) is 0 Å². The zero-order chi connectivity index (χ0) is 11.4. The summed E-state index contributed by atoms with van der Waals surface area (Å²) in [5, 5.41) is 10.3. The van der Waals surface area contributed by atoms with Gasteiger partial charge in [-0.15, -0.1) is 0 Å². The van der Waals surface area contributed by atoms with Gasteiger partial charge in [-0.2, -0.15) is 4.39 Å². The first-order chi connectivity index (χ1) is 7.07. The molecule has 1 aromatic rings. The van der Waals surface area contributed by atoms with Gasteiger partial charge in [0.15, 0.2) is 0 Å². The summed E-state index contributed by atoms with van der Waals surface area (Å²) in [6, 6.07) is 1.49. The van der Waals surface area contributed by atoms with Gasteiger partial charge >= 0.3 is 5.69 Å². The van der Waals surface area contributed by atoms with Crippen LogP contribution in [0.15, 0.2) is 18.2 Å². The second kappa shape index (κ2) is 4.41. The van der Waals surface area contributed by atoms with Gasteiger partial charge in [0.05, 0.1) is 10.5 Å². The van der Waals surface area contributed by atoms with E-state index >= 15 is 0 Å². The van der Waals surface area contributed by atoms with Crippen molar-refractivity contribution in [2.24, 2.45) is 0 Å². The van der Waals surface area contributed by atoms with Crippen LogP contribution in [-0.4, -0.2) is 11.2 Å². The molecule has 0 fully saturated rings. The Kier molecular flexibility index (Phi) is 3.22. The van der Waals surface area contributed by atoms with Crippen LogP contribution in [0.1, 0.15) is 5.56 Å². The van der Waals surface area contributed by atoms with Crippen LogP contribution in [0.5, 0.6) is 0 Å². The first-order valence-corrected chi connectivity index (χ1v) is 3.82. The molecule has 15 heavy (non-hydrogen) atoms. The SMILES string of the molecule is O=C/C=C/c1c(F)ccc([N+](=O)[O-])c1F. The average Bonchev–Trinajstić information content (AvgIpc) is 2.17. The van der Waals surface area contributed by atoms with Crippen molar-refractivity contribution in [3.05, 3.63) is 45.5 Å². The topological polar surface area (TPSA) is 60.2 Å². The van der Waals surface area contributed by atoms with Crippen LogP contribution >= 0.6 is 0 Å². The predicted octanol–water partition coefficient (Wildman–Crippen LogP) is 2.09. The van der Waals surface area contributed by atoms with Crippen LogP contribution in [0.4, 0.5) is 14.5 Å². The van der Waals surface area contributed by atoms with Crippen molar-refractivity contribution in [3.63, 3.8) is 0 Å². The van der Waals surface area contributed by atoms with E-state index in [-0.39, 0.29) is 0 Å². The van der Waals surface area contributed by atoms with Crippen molar-refractivity contribution < 1.29 is 18.5 Å². The van der Waals surface area contributed by atoms with Crippen LogP contribution in [0, 0.1) is 21.7 Å². The molecule has 0 spiro atoms. The zero-order valence-electron chi connectivity index (χ0n) is 7.31. The van der Waals surface area contributed by atoms with Gasteiger partial charge in [-0.1, -0.05) is 0 Å². The average molecular weight is 213 g/mol. The smallest absolute Gasteiger partial charge is 0.299 e. The molecule has 0 radical (unpaired) electrons. The Morgan fingerprint density at radius 1 is 1.33 bits per heavy atom. The molecule has 0 amide bonds. The molecule has 6 heteroatoms. The summed E-state index contributed by atoms with van der Waals surface area (Å²) >= 11 is 0. The second-order valence-corrected chi connectivity index (χ2v) is 2.55. The highest BCUT2D eigenvalue weighted by atomic mass is 19.1. The van der Waals surface area contributed by atoms with Crippen LogP contribution in [0.3, 0.4) is 0 Å². The molecule has 1 aromatic carbocycles. The standard InChI is InChI=1S/C9H5F2NO3/c10-7-3-4-8(12(14)15)9(11)6(7)2-1-5-13/h1-5H/b2-1+. The molecular formula is C9H5F2NO3. The molecule has 78 valence electrons. The molecule has 0 aliphatic carbocycles. The number of hydrogen-bond donors (Lipinski definition) is 0. The number of halogens is 2. The summed E-state index contributed by atoms with van der Waals surface area (Å²) in [5.74, 6) is -2.26. The molecule has 1 rings (SSSR count). The van der Waals surface area contributed by atoms with Gasteiger partial charge in [-0.05, 0) is 18.2 Å². The lowest BCUT2D eigenvalue weighted by molar-refractivity contribution is -0.387. The lowest BCUT2D eigenvalue weighted by Crippen LogP contribution is -1.97. The summed E-state index contributed by atoms with van der Waals surface area (Å²) in [4.78, 5) is 19.3. The maximum atomic E-state index is 13.3. The molecule has 4 nitrogen and oxygen atoms in total. The normalized spacial score (nSPS) is 10.5. The van der Waals surface area contributed by atoms with E-state index in [0.717, 1.165) is 24.3 Å². The number of benzene rings is 1. The largest absolute Gasteiger partial charge is 0.305 e. The molecule has 0 atom stereocenters. The van der Waals surface area contributed by atoms with Gasteiger partial charge < -0.3 is 0 Å². The van der Waals surface area contributed by atoms with E-state index in [2.05, 4.69) is 0 Å². The molecular weight excluding hydrogens is 208 g/mol. The molecule has 0 saturated heterocycles. The molecule has 0 aliphatic heterocycles. The first-order valence-electron chi connectivity index (χ1n) is 3.82. The summed E-state index contributed by atoms with van der Waals surface area (Å²) in [6.45, 7) is 0. The van der Waals surface area contributed by atoms with Crippen molar-refractivity contribution in [3.8, 4) is 0 Å². The van der Waals surface area contributed by atoms with Crippen molar-refractivity contribution in [2.45, 2.75) is 0 Å². The van der Waals surface area contributed by atoms with Crippen molar-refractivity contribution >= 4 is 18.0 Å².